The van der Waals surface area contributed by atoms with Gasteiger partial charge in [0.25, 0.3) is 11.8 Å². The lowest BCUT2D eigenvalue weighted by atomic mass is 10.2. The first-order valence-corrected chi connectivity index (χ1v) is 8.01. The molecule has 0 aliphatic rings. The highest BCUT2D eigenvalue weighted by molar-refractivity contribution is 5.96. The number of rotatable bonds is 7. The molecule has 2 N–H and O–H groups in total. The van der Waals surface area contributed by atoms with E-state index in [4.69, 9.17) is 4.74 Å². The van der Waals surface area contributed by atoms with Crippen molar-refractivity contribution < 1.29 is 14.3 Å². The van der Waals surface area contributed by atoms with Crippen LogP contribution >= 0.6 is 0 Å². The Morgan fingerprint density at radius 3 is 2.54 bits per heavy atom. The number of carbonyl (C=O) groups excluding carboxylic acids is 2. The maximum atomic E-state index is 12.0. The van der Waals surface area contributed by atoms with Crippen molar-refractivity contribution in [3.05, 3.63) is 59.7 Å². The van der Waals surface area contributed by atoms with Crippen LogP contribution in [0, 0.1) is 0 Å². The van der Waals surface area contributed by atoms with Crippen LogP contribution in [0.1, 0.15) is 15.9 Å². The van der Waals surface area contributed by atoms with Gasteiger partial charge in [0.05, 0.1) is 19.9 Å². The number of hydrogen-bond donors (Lipinski definition) is 2. The number of benzene rings is 2. The Hall–Kier alpha value is -3.35. The Bertz CT molecular complexity index is 786. The molecule has 0 spiro atoms. The normalized spacial score (nSPS) is 10.4. The summed E-state index contributed by atoms with van der Waals surface area (Å²) in [7, 11) is 5.45. The lowest BCUT2D eigenvalue weighted by molar-refractivity contribution is -0.120. The Balaban J connectivity index is 1.80. The van der Waals surface area contributed by atoms with Crippen molar-refractivity contribution in [2.24, 2.45) is 5.10 Å². The lowest BCUT2D eigenvalue weighted by Crippen LogP contribution is -2.34. The van der Waals surface area contributed by atoms with Crippen LogP contribution in [0.3, 0.4) is 0 Å². The molecule has 0 aromatic heterocycles. The summed E-state index contributed by atoms with van der Waals surface area (Å²) in [5, 5.41) is 6.42. The molecule has 0 aliphatic heterocycles. The van der Waals surface area contributed by atoms with Crippen molar-refractivity contribution in [2.75, 3.05) is 32.6 Å². The maximum Gasteiger partial charge on any atom is 0.259 e. The molecule has 0 bridgehead atoms. The molecule has 0 radical (unpaired) electrons. The van der Waals surface area contributed by atoms with Crippen LogP contribution < -0.4 is 20.4 Å². The van der Waals surface area contributed by atoms with Crippen LogP contribution in [0.2, 0.25) is 0 Å². The van der Waals surface area contributed by atoms with Crippen LogP contribution in [-0.4, -0.2) is 45.8 Å². The van der Waals surface area contributed by atoms with Crippen molar-refractivity contribution in [3.63, 3.8) is 0 Å². The molecule has 2 aromatic carbocycles. The van der Waals surface area contributed by atoms with Crippen molar-refractivity contribution in [3.8, 4) is 5.75 Å². The van der Waals surface area contributed by atoms with Gasteiger partial charge in [-0.2, -0.15) is 5.10 Å². The van der Waals surface area contributed by atoms with Gasteiger partial charge in [0.2, 0.25) is 0 Å². The van der Waals surface area contributed by atoms with E-state index in [0.717, 1.165) is 11.3 Å². The average molecular weight is 354 g/mol. The van der Waals surface area contributed by atoms with Gasteiger partial charge in [-0.3, -0.25) is 9.59 Å². The number of nitrogens with zero attached hydrogens (tertiary/aromatic N) is 2. The summed E-state index contributed by atoms with van der Waals surface area (Å²) in [5.41, 5.74) is 4.73. The van der Waals surface area contributed by atoms with E-state index in [2.05, 4.69) is 15.8 Å². The molecule has 2 amide bonds. The van der Waals surface area contributed by atoms with Crippen LogP contribution in [0.15, 0.2) is 53.6 Å². The third kappa shape index (κ3) is 5.62. The van der Waals surface area contributed by atoms with E-state index >= 15 is 0 Å². The highest BCUT2D eigenvalue weighted by Crippen LogP contribution is 2.12. The number of carbonyl (C=O) groups is 2. The monoisotopic (exact) mass is 354 g/mol. The van der Waals surface area contributed by atoms with Gasteiger partial charge in [-0.15, -0.1) is 0 Å². The summed E-state index contributed by atoms with van der Waals surface area (Å²) in [4.78, 5) is 25.8. The van der Waals surface area contributed by atoms with Crippen molar-refractivity contribution in [1.29, 1.82) is 0 Å². The second kappa shape index (κ2) is 9.22. The summed E-state index contributed by atoms with van der Waals surface area (Å²) in [5.74, 6) is -0.198. The third-order valence-corrected chi connectivity index (χ3v) is 3.55. The van der Waals surface area contributed by atoms with E-state index in [0.29, 0.717) is 11.3 Å². The zero-order valence-electron chi connectivity index (χ0n) is 15.0. The molecule has 136 valence electrons. The number of methoxy groups -OCH3 is 1. The molecule has 0 saturated carbocycles. The topological polar surface area (TPSA) is 83.0 Å². The Morgan fingerprint density at radius 2 is 1.88 bits per heavy atom. The predicted octanol–water partition coefficient (Wildman–Crippen LogP) is 1.64. The van der Waals surface area contributed by atoms with Gasteiger partial charge in [-0.1, -0.05) is 18.2 Å². The number of amides is 2. The van der Waals surface area contributed by atoms with Gasteiger partial charge < -0.3 is 15.0 Å². The number of anilines is 1. The van der Waals surface area contributed by atoms with Crippen molar-refractivity contribution in [1.82, 2.24) is 10.7 Å². The fraction of sp³-hybridized carbons (Fsp3) is 0.211. The fourth-order valence-electron chi connectivity index (χ4n) is 2.10. The van der Waals surface area contributed by atoms with Gasteiger partial charge in [-0.05, 0) is 35.9 Å². The summed E-state index contributed by atoms with van der Waals surface area (Å²) in [6.07, 6.45) is 1.54. The molecular weight excluding hydrogens is 332 g/mol. The molecule has 7 nitrogen and oxygen atoms in total. The molecule has 0 aliphatic carbocycles. The molecule has 0 heterocycles. The second-order valence-corrected chi connectivity index (χ2v) is 5.69. The smallest absolute Gasteiger partial charge is 0.259 e. The Kier molecular flexibility index (Phi) is 6.73. The first-order valence-electron chi connectivity index (χ1n) is 8.01. The molecular formula is C19H22N4O3. The number of hydrogen-bond acceptors (Lipinski definition) is 5. The molecule has 2 rings (SSSR count). The van der Waals surface area contributed by atoms with E-state index in [-0.39, 0.29) is 12.5 Å². The standard InChI is InChI=1S/C19H22N4O3/c1-23(2)16-9-7-14(8-10-16)12-21-22-18(24)13-20-19(25)15-5-4-6-17(11-15)26-3/h4-12H,13H2,1-3H3,(H,20,25)(H,22,24). The highest BCUT2D eigenvalue weighted by atomic mass is 16.5. The van der Waals surface area contributed by atoms with Crippen LogP contribution in [0.25, 0.3) is 0 Å². The quantitative estimate of drug-likeness (QED) is 0.585. The van der Waals surface area contributed by atoms with E-state index in [1.54, 1.807) is 30.5 Å². The van der Waals surface area contributed by atoms with E-state index in [1.807, 2.05) is 43.3 Å². The average Bonchev–Trinajstić information content (AvgIpc) is 2.66. The summed E-state index contributed by atoms with van der Waals surface area (Å²) in [6.45, 7) is -0.174. The van der Waals surface area contributed by atoms with Crippen LogP contribution in [0.5, 0.6) is 5.75 Å². The fourth-order valence-corrected chi connectivity index (χ4v) is 2.10. The second-order valence-electron chi connectivity index (χ2n) is 5.69. The van der Waals surface area contributed by atoms with Gasteiger partial charge in [-0.25, -0.2) is 5.43 Å². The SMILES string of the molecule is COc1cccc(C(=O)NCC(=O)NN=Cc2ccc(N(C)C)cc2)c1. The summed E-state index contributed by atoms with van der Waals surface area (Å²) in [6, 6.07) is 14.4. The minimum absolute atomic E-state index is 0.174. The van der Waals surface area contributed by atoms with Crippen LogP contribution in [0.4, 0.5) is 5.69 Å². The molecule has 0 unspecified atom stereocenters. The van der Waals surface area contributed by atoms with E-state index in [9.17, 15) is 9.59 Å². The summed E-state index contributed by atoms with van der Waals surface area (Å²) < 4.78 is 5.07. The van der Waals surface area contributed by atoms with Gasteiger partial charge in [0, 0.05) is 25.3 Å². The van der Waals surface area contributed by atoms with Gasteiger partial charge in [0.1, 0.15) is 5.75 Å². The third-order valence-electron chi connectivity index (χ3n) is 3.55. The van der Waals surface area contributed by atoms with Crippen LogP contribution in [-0.2, 0) is 4.79 Å². The van der Waals surface area contributed by atoms with Gasteiger partial charge in [0.15, 0.2) is 0 Å². The Morgan fingerprint density at radius 1 is 1.15 bits per heavy atom. The zero-order valence-corrected chi connectivity index (χ0v) is 15.0. The molecule has 0 fully saturated rings. The van der Waals surface area contributed by atoms with E-state index < -0.39 is 5.91 Å². The van der Waals surface area contributed by atoms with E-state index in [1.165, 1.54) is 7.11 Å². The van der Waals surface area contributed by atoms with Crippen molar-refractivity contribution in [2.45, 2.75) is 0 Å². The molecule has 0 atom stereocenters. The molecule has 7 heteroatoms. The maximum absolute atomic E-state index is 12.0. The number of hydrazone groups is 1. The Labute approximate surface area is 152 Å². The van der Waals surface area contributed by atoms with Crippen molar-refractivity contribution >= 4 is 23.7 Å². The largest absolute Gasteiger partial charge is 0.497 e. The first kappa shape index (κ1) is 19.0. The minimum Gasteiger partial charge on any atom is -0.497 e. The predicted molar refractivity (Wildman–Crippen MR) is 102 cm³/mol. The number of nitrogens with one attached hydrogen (secondary N) is 2. The molecule has 0 saturated heterocycles. The molecule has 2 aromatic rings. The highest BCUT2D eigenvalue weighted by Gasteiger charge is 2.08. The minimum atomic E-state index is -0.414. The summed E-state index contributed by atoms with van der Waals surface area (Å²) >= 11 is 0. The van der Waals surface area contributed by atoms with Gasteiger partial charge >= 0.3 is 0 Å². The zero-order chi connectivity index (χ0) is 18.9. The lowest BCUT2D eigenvalue weighted by Gasteiger charge is -2.11. The number of ether oxygens (including phenoxy) is 1. The molecule has 26 heavy (non-hydrogen) atoms. The first-order chi connectivity index (χ1) is 12.5.